The highest BCUT2D eigenvalue weighted by molar-refractivity contribution is 6.84. The Morgan fingerprint density at radius 1 is 1.00 bits per heavy atom. The maximum absolute atomic E-state index is 7.36. The summed E-state index contributed by atoms with van der Waals surface area (Å²) in [6, 6.07) is 12.4. The molecule has 3 rings (SSSR count). The lowest BCUT2D eigenvalue weighted by atomic mass is 9.37. The summed E-state index contributed by atoms with van der Waals surface area (Å²) in [5.41, 5.74) is 1.37. The number of fused-ring (bicyclic) bond motifs is 2. The highest BCUT2D eigenvalue weighted by atomic mass is 28.3. The molecule has 29 heavy (non-hydrogen) atoms. The van der Waals surface area contributed by atoms with E-state index in [-0.39, 0.29) is 11.1 Å². The fourth-order valence-electron chi connectivity index (χ4n) is 6.23. The molecule has 4 heteroatoms. The first-order valence-corrected chi connectivity index (χ1v) is 19.1. The highest BCUT2D eigenvalue weighted by Crippen LogP contribution is 2.59. The fraction of sp³-hybridized carbons (Fsp3) is 0.680. The van der Waals surface area contributed by atoms with Gasteiger partial charge in [-0.3, -0.25) is 0 Å². The maximum Gasteiger partial charge on any atom is 0.300 e. The molecule has 2 bridgehead atoms. The molecule has 2 aliphatic heterocycles. The molecule has 0 unspecified atom stereocenters. The molecule has 160 valence electrons. The topological polar surface area (TPSA) is 9.23 Å². The van der Waals surface area contributed by atoms with Crippen molar-refractivity contribution in [2.75, 3.05) is 0 Å². The van der Waals surface area contributed by atoms with E-state index < -0.39 is 16.1 Å². The van der Waals surface area contributed by atoms with Crippen molar-refractivity contribution in [3.8, 4) is 0 Å². The van der Waals surface area contributed by atoms with Gasteiger partial charge in [-0.25, -0.2) is 0 Å². The van der Waals surface area contributed by atoms with Gasteiger partial charge in [-0.05, 0) is 23.2 Å². The molecule has 0 aromatic heterocycles. The molecule has 2 heterocycles. The van der Waals surface area contributed by atoms with Crippen LogP contribution in [0.1, 0.15) is 50.2 Å². The SMILES string of the molecule is C=C[C@](C[Si](C)(C)C)([C@@H](OB1C2CCCC1CCC2)c1ccccc1)[Si](C)(C)C. The molecule has 2 fully saturated rings. The second-order valence-electron chi connectivity index (χ2n) is 12.0. The number of hydrogen-bond donors (Lipinski definition) is 0. The molecular weight excluding hydrogens is 383 g/mol. The van der Waals surface area contributed by atoms with E-state index in [2.05, 4.69) is 82.3 Å². The zero-order valence-electron chi connectivity index (χ0n) is 19.8. The van der Waals surface area contributed by atoms with E-state index in [1.807, 2.05) is 0 Å². The summed E-state index contributed by atoms with van der Waals surface area (Å²) in [6.07, 6.45) is 10.8. The third-order valence-corrected chi connectivity index (χ3v) is 13.1. The van der Waals surface area contributed by atoms with Crippen molar-refractivity contribution in [2.24, 2.45) is 0 Å². The van der Waals surface area contributed by atoms with Crippen LogP contribution in [0.5, 0.6) is 0 Å². The predicted molar refractivity (Wildman–Crippen MR) is 136 cm³/mol. The van der Waals surface area contributed by atoms with Crippen molar-refractivity contribution in [1.29, 1.82) is 0 Å². The lowest BCUT2D eigenvalue weighted by molar-refractivity contribution is 0.148. The van der Waals surface area contributed by atoms with Crippen LogP contribution in [0.2, 0.25) is 62.0 Å². The molecule has 2 aliphatic rings. The van der Waals surface area contributed by atoms with Gasteiger partial charge in [0.25, 0.3) is 6.92 Å². The average molecular weight is 427 g/mol. The predicted octanol–water partition coefficient (Wildman–Crippen LogP) is 8.45. The molecule has 2 saturated heterocycles. The van der Waals surface area contributed by atoms with Crippen molar-refractivity contribution in [3.63, 3.8) is 0 Å². The first-order valence-electron chi connectivity index (χ1n) is 11.9. The first kappa shape index (κ1) is 23.1. The second kappa shape index (κ2) is 8.88. The van der Waals surface area contributed by atoms with E-state index in [1.165, 1.54) is 50.1 Å². The summed E-state index contributed by atoms with van der Waals surface area (Å²) in [7, 11) is -2.95. The van der Waals surface area contributed by atoms with Gasteiger partial charge in [-0.1, -0.05) is 114 Å². The molecule has 1 aromatic rings. The van der Waals surface area contributed by atoms with Gasteiger partial charge in [0.15, 0.2) is 0 Å². The van der Waals surface area contributed by atoms with Crippen molar-refractivity contribution in [3.05, 3.63) is 48.6 Å². The van der Waals surface area contributed by atoms with Crippen LogP contribution in [-0.4, -0.2) is 23.1 Å². The first-order chi connectivity index (χ1) is 13.6. The van der Waals surface area contributed by atoms with Gasteiger partial charge in [0.05, 0.1) is 14.2 Å². The monoisotopic (exact) mass is 426 g/mol. The zero-order valence-corrected chi connectivity index (χ0v) is 21.8. The smallest absolute Gasteiger partial charge is 0.300 e. The van der Waals surface area contributed by atoms with Crippen LogP contribution >= 0.6 is 0 Å². The molecule has 0 N–H and O–H groups in total. The van der Waals surface area contributed by atoms with Gasteiger partial charge in [0, 0.05) is 13.1 Å². The van der Waals surface area contributed by atoms with Gasteiger partial charge in [-0.2, -0.15) is 0 Å². The van der Waals surface area contributed by atoms with Gasteiger partial charge in [0.1, 0.15) is 0 Å². The molecule has 2 atom stereocenters. The van der Waals surface area contributed by atoms with Gasteiger partial charge >= 0.3 is 0 Å². The van der Waals surface area contributed by atoms with Crippen molar-refractivity contribution in [2.45, 2.75) is 107 Å². The van der Waals surface area contributed by atoms with E-state index in [0.717, 1.165) is 11.6 Å². The minimum Gasteiger partial charge on any atom is -0.428 e. The minimum absolute atomic E-state index is 0.0740. The van der Waals surface area contributed by atoms with E-state index in [0.29, 0.717) is 6.92 Å². The van der Waals surface area contributed by atoms with Crippen LogP contribution in [0.3, 0.4) is 0 Å². The normalized spacial score (nSPS) is 25.9. The van der Waals surface area contributed by atoms with Crippen molar-refractivity contribution >= 4 is 23.1 Å². The van der Waals surface area contributed by atoms with E-state index in [1.54, 1.807) is 0 Å². The van der Waals surface area contributed by atoms with Crippen LogP contribution in [0.15, 0.2) is 43.0 Å². The Kier molecular flexibility index (Phi) is 7.07. The number of rotatable bonds is 8. The van der Waals surface area contributed by atoms with E-state index >= 15 is 0 Å². The Balaban J connectivity index is 2.07. The lowest BCUT2D eigenvalue weighted by Gasteiger charge is -2.52. The summed E-state index contributed by atoms with van der Waals surface area (Å²) >= 11 is 0. The van der Waals surface area contributed by atoms with Crippen molar-refractivity contribution < 1.29 is 4.65 Å². The maximum atomic E-state index is 7.36. The van der Waals surface area contributed by atoms with Crippen LogP contribution < -0.4 is 0 Å². The largest absolute Gasteiger partial charge is 0.428 e. The highest BCUT2D eigenvalue weighted by Gasteiger charge is 2.53. The molecule has 0 saturated carbocycles. The molecule has 0 aliphatic carbocycles. The van der Waals surface area contributed by atoms with Crippen LogP contribution in [0, 0.1) is 0 Å². The molecule has 0 spiro atoms. The Labute approximate surface area is 182 Å². The zero-order chi connectivity index (χ0) is 21.3. The fourth-order valence-corrected chi connectivity index (χ4v) is 13.7. The molecule has 1 nitrogen and oxygen atoms in total. The Bertz CT molecular complexity index is 656. The van der Waals surface area contributed by atoms with Crippen LogP contribution in [0.25, 0.3) is 0 Å². The van der Waals surface area contributed by atoms with Crippen LogP contribution in [0.4, 0.5) is 0 Å². The van der Waals surface area contributed by atoms with Gasteiger partial charge < -0.3 is 4.65 Å². The summed E-state index contributed by atoms with van der Waals surface area (Å²) in [4.78, 5) is 0. The minimum atomic E-state index is -1.62. The summed E-state index contributed by atoms with van der Waals surface area (Å²) < 4.78 is 7.36. The molecular formula is C25H43BOSi2. The second-order valence-corrected chi connectivity index (χ2v) is 22.9. The Morgan fingerprint density at radius 2 is 1.52 bits per heavy atom. The molecule has 0 amide bonds. The van der Waals surface area contributed by atoms with Gasteiger partial charge in [-0.15, -0.1) is 6.58 Å². The molecule has 1 aromatic carbocycles. The van der Waals surface area contributed by atoms with E-state index in [9.17, 15) is 0 Å². The Morgan fingerprint density at radius 3 is 1.93 bits per heavy atom. The lowest BCUT2D eigenvalue weighted by Crippen LogP contribution is -2.49. The van der Waals surface area contributed by atoms with Gasteiger partial charge in [0.2, 0.25) is 0 Å². The summed E-state index contributed by atoms with van der Waals surface area (Å²) in [5.74, 6) is 1.54. The third kappa shape index (κ3) is 5.02. The van der Waals surface area contributed by atoms with E-state index in [4.69, 9.17) is 4.65 Å². The average Bonchev–Trinajstić information content (AvgIpc) is 2.63. The third-order valence-electron chi connectivity index (χ3n) is 7.68. The quantitative estimate of drug-likeness (QED) is 0.299. The Hall–Kier alpha value is -0.581. The standard InChI is InChI=1S/C25H43BOSi2/c1-8-25(29(5,6)7,20-28(2,3)4)24(21-14-10-9-11-15-21)27-26-22-16-12-17-23(26)19-13-18-22/h8-11,14-15,22-24H,1,12-13,16-20H2,2-7H3/t22?,23?,24-,25-/m0/s1. The van der Waals surface area contributed by atoms with Crippen molar-refractivity contribution in [1.82, 2.24) is 0 Å². The number of benzene rings is 1. The van der Waals surface area contributed by atoms with Crippen LogP contribution in [-0.2, 0) is 4.65 Å². The summed E-state index contributed by atoms with van der Waals surface area (Å²) in [6.45, 7) is 20.1. The molecule has 0 radical (unpaired) electrons. The summed E-state index contributed by atoms with van der Waals surface area (Å²) in [5, 5.41) is 0.0740. The number of hydrogen-bond acceptors (Lipinski definition) is 1.